The summed E-state index contributed by atoms with van der Waals surface area (Å²) in [6.07, 6.45) is 4.93. The zero-order valence-electron chi connectivity index (χ0n) is 14.0. The molecule has 0 radical (unpaired) electrons. The Hall–Kier alpha value is -1.22. The normalized spacial score (nSPS) is 13.5. The maximum atomic E-state index is 12.1. The molecule has 1 aromatic rings. The highest BCUT2D eigenvalue weighted by Crippen LogP contribution is 2.23. The number of rotatable bonds is 9. The fourth-order valence-electron chi connectivity index (χ4n) is 2.20. The molecule has 0 bridgehead atoms. The molecule has 0 spiro atoms. The largest absolute Gasteiger partial charge is 0.479 e. The molecule has 22 heavy (non-hydrogen) atoms. The Balaban J connectivity index is 2.41. The van der Waals surface area contributed by atoms with Crippen LogP contribution in [0.3, 0.4) is 0 Å². The van der Waals surface area contributed by atoms with E-state index in [-0.39, 0.29) is 12.1 Å². The van der Waals surface area contributed by atoms with Gasteiger partial charge in [0.15, 0.2) is 6.10 Å². The Morgan fingerprint density at radius 3 is 2.59 bits per heavy atom. The van der Waals surface area contributed by atoms with Crippen molar-refractivity contribution in [3.63, 3.8) is 0 Å². The maximum absolute atomic E-state index is 12.1. The van der Waals surface area contributed by atoms with Gasteiger partial charge in [0.2, 0.25) is 0 Å². The SMILES string of the molecule is CCCCCC[C@@H](C)OC(=O)[C@@H](C)Oc1ccc(Cl)cc1C. The van der Waals surface area contributed by atoms with E-state index in [0.717, 1.165) is 18.4 Å². The molecule has 2 atom stereocenters. The molecule has 0 aliphatic heterocycles. The minimum atomic E-state index is -0.627. The third kappa shape index (κ3) is 6.69. The third-order valence-electron chi connectivity index (χ3n) is 3.55. The number of carbonyl (C=O) groups is 1. The van der Waals surface area contributed by atoms with Crippen molar-refractivity contribution in [3.8, 4) is 5.75 Å². The van der Waals surface area contributed by atoms with Gasteiger partial charge in [0.25, 0.3) is 0 Å². The molecule has 0 unspecified atom stereocenters. The second-order valence-corrected chi connectivity index (χ2v) is 6.20. The van der Waals surface area contributed by atoms with Crippen LogP contribution in [-0.4, -0.2) is 18.2 Å². The van der Waals surface area contributed by atoms with E-state index in [1.54, 1.807) is 19.1 Å². The van der Waals surface area contributed by atoms with Crippen molar-refractivity contribution in [2.24, 2.45) is 0 Å². The van der Waals surface area contributed by atoms with Gasteiger partial charge in [-0.3, -0.25) is 0 Å². The van der Waals surface area contributed by atoms with E-state index >= 15 is 0 Å². The van der Waals surface area contributed by atoms with Crippen LogP contribution in [0.4, 0.5) is 0 Å². The summed E-state index contributed by atoms with van der Waals surface area (Å²) >= 11 is 5.91. The second kappa shape index (κ2) is 9.73. The van der Waals surface area contributed by atoms with Crippen molar-refractivity contribution in [1.29, 1.82) is 0 Å². The predicted molar refractivity (Wildman–Crippen MR) is 90.6 cm³/mol. The molecule has 0 fully saturated rings. The first kappa shape index (κ1) is 18.8. The van der Waals surface area contributed by atoms with Crippen molar-refractivity contribution in [1.82, 2.24) is 0 Å². The smallest absolute Gasteiger partial charge is 0.347 e. The maximum Gasteiger partial charge on any atom is 0.347 e. The first-order valence-corrected chi connectivity index (χ1v) is 8.45. The Morgan fingerprint density at radius 2 is 1.95 bits per heavy atom. The lowest BCUT2D eigenvalue weighted by Crippen LogP contribution is -2.29. The van der Waals surface area contributed by atoms with Gasteiger partial charge in [-0.25, -0.2) is 4.79 Å². The number of ether oxygens (including phenoxy) is 2. The highest BCUT2D eigenvalue weighted by Gasteiger charge is 2.19. The predicted octanol–water partition coefficient (Wildman–Crippen LogP) is 5.32. The third-order valence-corrected chi connectivity index (χ3v) is 3.79. The number of hydrogen-bond donors (Lipinski definition) is 0. The zero-order chi connectivity index (χ0) is 16.5. The van der Waals surface area contributed by atoms with Crippen LogP contribution in [0.15, 0.2) is 18.2 Å². The van der Waals surface area contributed by atoms with Gasteiger partial charge in [0.1, 0.15) is 5.75 Å². The van der Waals surface area contributed by atoms with Crippen molar-refractivity contribution < 1.29 is 14.3 Å². The van der Waals surface area contributed by atoms with Gasteiger partial charge in [0, 0.05) is 5.02 Å². The fraction of sp³-hybridized carbons (Fsp3) is 0.611. The molecule has 0 saturated carbocycles. The molecule has 0 heterocycles. The van der Waals surface area contributed by atoms with E-state index in [1.807, 2.05) is 19.9 Å². The summed E-state index contributed by atoms with van der Waals surface area (Å²) in [4.78, 5) is 12.1. The molecule has 1 aromatic carbocycles. The molecule has 0 aliphatic carbocycles. The molecule has 0 N–H and O–H groups in total. The molecule has 1 rings (SSSR count). The van der Waals surface area contributed by atoms with E-state index in [0.29, 0.717) is 10.8 Å². The molecule has 0 amide bonds. The van der Waals surface area contributed by atoms with Crippen molar-refractivity contribution >= 4 is 17.6 Å². The molecular formula is C18H27ClO3. The monoisotopic (exact) mass is 326 g/mol. The van der Waals surface area contributed by atoms with Gasteiger partial charge in [-0.15, -0.1) is 0 Å². The lowest BCUT2D eigenvalue weighted by Gasteiger charge is -2.19. The number of aryl methyl sites for hydroxylation is 1. The Kier molecular flexibility index (Phi) is 8.32. The molecule has 4 heteroatoms. The first-order chi connectivity index (χ1) is 10.4. The van der Waals surface area contributed by atoms with Crippen molar-refractivity contribution in [2.45, 2.75) is 72.0 Å². The van der Waals surface area contributed by atoms with E-state index in [9.17, 15) is 4.79 Å². The summed E-state index contributed by atoms with van der Waals surface area (Å²) in [7, 11) is 0. The van der Waals surface area contributed by atoms with Crippen LogP contribution in [0.2, 0.25) is 5.02 Å². The average Bonchev–Trinajstić information content (AvgIpc) is 2.46. The molecule has 0 aromatic heterocycles. The van der Waals surface area contributed by atoms with Gasteiger partial charge >= 0.3 is 5.97 Å². The molecular weight excluding hydrogens is 300 g/mol. The van der Waals surface area contributed by atoms with Crippen LogP contribution in [0.25, 0.3) is 0 Å². The van der Waals surface area contributed by atoms with E-state index in [2.05, 4.69) is 6.92 Å². The van der Waals surface area contributed by atoms with Crippen LogP contribution in [0, 0.1) is 6.92 Å². The zero-order valence-corrected chi connectivity index (χ0v) is 14.8. The quantitative estimate of drug-likeness (QED) is 0.455. The summed E-state index contributed by atoms with van der Waals surface area (Å²) in [6, 6.07) is 5.33. The van der Waals surface area contributed by atoms with Crippen LogP contribution in [0.1, 0.15) is 58.4 Å². The summed E-state index contributed by atoms with van der Waals surface area (Å²) in [5.74, 6) is 0.335. The topological polar surface area (TPSA) is 35.5 Å². The van der Waals surface area contributed by atoms with Crippen LogP contribution in [0.5, 0.6) is 5.75 Å². The number of carbonyl (C=O) groups excluding carboxylic acids is 1. The highest BCUT2D eigenvalue weighted by atomic mass is 35.5. The number of hydrogen-bond acceptors (Lipinski definition) is 3. The minimum absolute atomic E-state index is 0.0679. The Labute approximate surface area is 139 Å². The van der Waals surface area contributed by atoms with Gasteiger partial charge in [-0.05, 0) is 57.4 Å². The van der Waals surface area contributed by atoms with Gasteiger partial charge < -0.3 is 9.47 Å². The summed E-state index contributed by atoms with van der Waals surface area (Å²) in [5.41, 5.74) is 0.903. The minimum Gasteiger partial charge on any atom is -0.479 e. The fourth-order valence-corrected chi connectivity index (χ4v) is 2.42. The average molecular weight is 327 g/mol. The Bertz CT molecular complexity index is 473. The van der Waals surface area contributed by atoms with Crippen LogP contribution in [-0.2, 0) is 9.53 Å². The summed E-state index contributed by atoms with van der Waals surface area (Å²) in [6.45, 7) is 7.72. The number of halogens is 1. The van der Waals surface area contributed by atoms with E-state index in [4.69, 9.17) is 21.1 Å². The standard InChI is InChI=1S/C18H27ClO3/c1-5-6-7-8-9-14(3)21-18(20)15(4)22-17-11-10-16(19)12-13(17)2/h10-12,14-15H,5-9H2,1-4H3/t14-,15-/m1/s1. The summed E-state index contributed by atoms with van der Waals surface area (Å²) < 4.78 is 11.1. The highest BCUT2D eigenvalue weighted by molar-refractivity contribution is 6.30. The van der Waals surface area contributed by atoms with Gasteiger partial charge in [-0.1, -0.05) is 37.8 Å². The van der Waals surface area contributed by atoms with Crippen molar-refractivity contribution in [3.05, 3.63) is 28.8 Å². The summed E-state index contributed by atoms with van der Waals surface area (Å²) in [5, 5.41) is 0.654. The van der Waals surface area contributed by atoms with Gasteiger partial charge in [0.05, 0.1) is 6.10 Å². The first-order valence-electron chi connectivity index (χ1n) is 8.07. The molecule has 124 valence electrons. The van der Waals surface area contributed by atoms with Gasteiger partial charge in [-0.2, -0.15) is 0 Å². The van der Waals surface area contributed by atoms with E-state index in [1.165, 1.54) is 19.3 Å². The second-order valence-electron chi connectivity index (χ2n) is 5.77. The Morgan fingerprint density at radius 1 is 1.23 bits per heavy atom. The number of unbranched alkanes of at least 4 members (excludes halogenated alkanes) is 3. The van der Waals surface area contributed by atoms with Crippen LogP contribution >= 0.6 is 11.6 Å². The molecule has 0 aliphatic rings. The molecule has 3 nitrogen and oxygen atoms in total. The number of esters is 1. The number of benzene rings is 1. The van der Waals surface area contributed by atoms with Crippen LogP contribution < -0.4 is 4.74 Å². The molecule has 0 saturated heterocycles. The lowest BCUT2D eigenvalue weighted by molar-refractivity contribution is -0.156. The van der Waals surface area contributed by atoms with E-state index < -0.39 is 6.10 Å². The van der Waals surface area contributed by atoms with Crippen molar-refractivity contribution in [2.75, 3.05) is 0 Å². The lowest BCUT2D eigenvalue weighted by atomic mass is 10.1.